The summed E-state index contributed by atoms with van der Waals surface area (Å²) < 4.78 is 0. The summed E-state index contributed by atoms with van der Waals surface area (Å²) in [6.45, 7) is 5.79. The first kappa shape index (κ1) is 12.9. The minimum absolute atomic E-state index is 0.383. The summed E-state index contributed by atoms with van der Waals surface area (Å²) in [5.41, 5.74) is 5.94. The second-order valence-corrected chi connectivity index (χ2v) is 5.00. The van der Waals surface area contributed by atoms with Gasteiger partial charge in [0, 0.05) is 18.6 Å². The molecule has 2 N–H and O–H groups in total. The maximum absolute atomic E-state index is 5.94. The highest BCUT2D eigenvalue weighted by molar-refractivity contribution is 4.78. The molecule has 2 unspecified atom stereocenters. The Morgan fingerprint density at radius 3 is 2.87 bits per heavy atom. The largest absolute Gasteiger partial charge is 0.328 e. The molecule has 0 bridgehead atoms. The maximum atomic E-state index is 5.94. The van der Waals surface area contributed by atoms with Crippen LogP contribution in [0.4, 0.5) is 0 Å². The van der Waals surface area contributed by atoms with Gasteiger partial charge in [0.25, 0.3) is 0 Å². The molecule has 0 aliphatic carbocycles. The number of nitrogens with zero attached hydrogens (tertiary/aromatic N) is 2. The Balaban J connectivity index is 2.23. The van der Waals surface area contributed by atoms with Crippen LogP contribution in [0.5, 0.6) is 0 Å². The molecule has 1 aliphatic rings. The lowest BCUT2D eigenvalue weighted by Gasteiger charge is -2.36. The highest BCUT2D eigenvalue weighted by Crippen LogP contribution is 2.13. The van der Waals surface area contributed by atoms with Crippen molar-refractivity contribution >= 4 is 0 Å². The predicted octanol–water partition coefficient (Wildman–Crippen LogP) is 1.14. The molecule has 1 rings (SSSR count). The summed E-state index contributed by atoms with van der Waals surface area (Å²) >= 11 is 0. The molecule has 1 saturated heterocycles. The van der Waals surface area contributed by atoms with Crippen LogP contribution >= 0.6 is 0 Å². The van der Waals surface area contributed by atoms with E-state index in [2.05, 4.69) is 30.8 Å². The molecule has 1 aliphatic heterocycles. The highest BCUT2D eigenvalue weighted by Gasteiger charge is 2.20. The van der Waals surface area contributed by atoms with Gasteiger partial charge in [-0.1, -0.05) is 6.92 Å². The van der Waals surface area contributed by atoms with Crippen molar-refractivity contribution in [3.63, 3.8) is 0 Å². The first-order valence-corrected chi connectivity index (χ1v) is 6.27. The number of likely N-dealkylation sites (N-methyl/N-ethyl adjacent to an activating group) is 2. The second-order valence-electron chi connectivity index (χ2n) is 5.00. The van der Waals surface area contributed by atoms with Gasteiger partial charge in [0.15, 0.2) is 0 Å². The first-order chi connectivity index (χ1) is 7.13. The van der Waals surface area contributed by atoms with Gasteiger partial charge in [0.05, 0.1) is 0 Å². The van der Waals surface area contributed by atoms with Crippen LogP contribution < -0.4 is 5.73 Å². The van der Waals surface area contributed by atoms with Gasteiger partial charge in [0.2, 0.25) is 0 Å². The van der Waals surface area contributed by atoms with Crippen molar-refractivity contribution in [2.24, 2.45) is 5.73 Å². The van der Waals surface area contributed by atoms with Gasteiger partial charge in [-0.3, -0.25) is 0 Å². The van der Waals surface area contributed by atoms with E-state index < -0.39 is 0 Å². The minimum atomic E-state index is 0.383. The van der Waals surface area contributed by atoms with E-state index in [1.54, 1.807) is 0 Å². The fraction of sp³-hybridized carbons (Fsp3) is 1.00. The van der Waals surface area contributed by atoms with Crippen LogP contribution in [0.2, 0.25) is 0 Å². The molecule has 0 saturated carbocycles. The van der Waals surface area contributed by atoms with E-state index in [0.717, 1.165) is 25.4 Å². The second kappa shape index (κ2) is 6.46. The highest BCUT2D eigenvalue weighted by atomic mass is 15.2. The van der Waals surface area contributed by atoms with Crippen molar-refractivity contribution in [3.05, 3.63) is 0 Å². The molecule has 90 valence electrons. The molecule has 0 spiro atoms. The van der Waals surface area contributed by atoms with Gasteiger partial charge in [-0.15, -0.1) is 0 Å². The summed E-state index contributed by atoms with van der Waals surface area (Å²) in [5.74, 6) is 0. The minimum Gasteiger partial charge on any atom is -0.328 e. The number of piperidine rings is 1. The van der Waals surface area contributed by atoms with Gasteiger partial charge in [0.1, 0.15) is 0 Å². The number of hydrogen-bond acceptors (Lipinski definition) is 3. The van der Waals surface area contributed by atoms with E-state index in [1.807, 2.05) is 0 Å². The summed E-state index contributed by atoms with van der Waals surface area (Å²) in [6, 6.07) is 1.13. The van der Waals surface area contributed by atoms with Gasteiger partial charge in [-0.05, 0) is 52.9 Å². The quantitative estimate of drug-likeness (QED) is 0.743. The Morgan fingerprint density at radius 1 is 1.53 bits per heavy atom. The summed E-state index contributed by atoms with van der Waals surface area (Å²) in [6.07, 6.45) is 4.92. The average molecular weight is 213 g/mol. The van der Waals surface area contributed by atoms with Crippen LogP contribution in [-0.4, -0.2) is 55.6 Å². The molecular weight excluding hydrogens is 186 g/mol. The average Bonchev–Trinajstić information content (AvgIpc) is 2.25. The van der Waals surface area contributed by atoms with E-state index in [9.17, 15) is 0 Å². The molecular formula is C12H27N3. The fourth-order valence-electron chi connectivity index (χ4n) is 2.26. The van der Waals surface area contributed by atoms with Gasteiger partial charge >= 0.3 is 0 Å². The van der Waals surface area contributed by atoms with Crippen molar-refractivity contribution in [1.29, 1.82) is 0 Å². The van der Waals surface area contributed by atoms with Crippen molar-refractivity contribution < 1.29 is 0 Å². The molecule has 15 heavy (non-hydrogen) atoms. The smallest absolute Gasteiger partial charge is 0.0220 e. The third-order valence-electron chi connectivity index (χ3n) is 3.60. The van der Waals surface area contributed by atoms with Crippen LogP contribution in [0.1, 0.15) is 32.6 Å². The van der Waals surface area contributed by atoms with E-state index in [-0.39, 0.29) is 0 Å². The van der Waals surface area contributed by atoms with Crippen molar-refractivity contribution in [2.75, 3.05) is 33.7 Å². The normalized spacial score (nSPS) is 25.8. The summed E-state index contributed by atoms with van der Waals surface area (Å²) in [4.78, 5) is 4.93. The Bertz CT molecular complexity index is 172. The fourth-order valence-corrected chi connectivity index (χ4v) is 2.26. The standard InChI is InChI=1S/C12H27N3/c1-4-11(13)7-9-15(3)12-6-5-8-14(2)10-12/h11-12H,4-10,13H2,1-3H3. The van der Waals surface area contributed by atoms with Crippen molar-refractivity contribution in [3.8, 4) is 0 Å². The maximum Gasteiger partial charge on any atom is 0.0220 e. The third kappa shape index (κ3) is 4.49. The lowest BCUT2D eigenvalue weighted by atomic mass is 10.0. The van der Waals surface area contributed by atoms with Crippen molar-refractivity contribution in [2.45, 2.75) is 44.7 Å². The predicted molar refractivity (Wildman–Crippen MR) is 66.0 cm³/mol. The molecule has 1 heterocycles. The van der Waals surface area contributed by atoms with Gasteiger partial charge in [-0.2, -0.15) is 0 Å². The van der Waals surface area contributed by atoms with E-state index in [1.165, 1.54) is 25.9 Å². The number of rotatable bonds is 5. The third-order valence-corrected chi connectivity index (χ3v) is 3.60. The zero-order valence-corrected chi connectivity index (χ0v) is 10.6. The molecule has 0 amide bonds. The molecule has 0 aromatic carbocycles. The van der Waals surface area contributed by atoms with E-state index in [4.69, 9.17) is 5.73 Å². The summed E-state index contributed by atoms with van der Waals surface area (Å²) in [5, 5.41) is 0. The topological polar surface area (TPSA) is 32.5 Å². The molecule has 0 aromatic rings. The SMILES string of the molecule is CCC(N)CCN(C)C1CCCN(C)C1. The molecule has 1 fully saturated rings. The van der Waals surface area contributed by atoms with E-state index >= 15 is 0 Å². The van der Waals surface area contributed by atoms with Gasteiger partial charge < -0.3 is 15.5 Å². The monoisotopic (exact) mass is 213 g/mol. The molecule has 2 atom stereocenters. The van der Waals surface area contributed by atoms with Gasteiger partial charge in [-0.25, -0.2) is 0 Å². The zero-order valence-electron chi connectivity index (χ0n) is 10.6. The Kier molecular flexibility index (Phi) is 5.58. The lowest BCUT2D eigenvalue weighted by molar-refractivity contribution is 0.131. The van der Waals surface area contributed by atoms with Crippen LogP contribution in [0, 0.1) is 0 Å². The molecule has 0 aromatic heterocycles. The summed E-state index contributed by atoms with van der Waals surface area (Å²) in [7, 11) is 4.46. The van der Waals surface area contributed by atoms with Crippen LogP contribution in [-0.2, 0) is 0 Å². The molecule has 0 radical (unpaired) electrons. The van der Waals surface area contributed by atoms with Crippen LogP contribution in [0.25, 0.3) is 0 Å². The van der Waals surface area contributed by atoms with Crippen LogP contribution in [0.15, 0.2) is 0 Å². The number of hydrogen-bond donors (Lipinski definition) is 1. The zero-order chi connectivity index (χ0) is 11.3. The Morgan fingerprint density at radius 2 is 2.27 bits per heavy atom. The molecule has 3 heteroatoms. The molecule has 3 nitrogen and oxygen atoms in total. The lowest BCUT2D eigenvalue weighted by Crippen LogP contribution is -2.45. The first-order valence-electron chi connectivity index (χ1n) is 6.27. The van der Waals surface area contributed by atoms with E-state index in [0.29, 0.717) is 6.04 Å². The van der Waals surface area contributed by atoms with Crippen LogP contribution in [0.3, 0.4) is 0 Å². The Hall–Kier alpha value is -0.120. The Labute approximate surface area is 94.6 Å². The number of likely N-dealkylation sites (tertiary alicyclic amines) is 1. The number of nitrogens with two attached hydrogens (primary N) is 1. The van der Waals surface area contributed by atoms with Crippen molar-refractivity contribution in [1.82, 2.24) is 9.80 Å².